The third kappa shape index (κ3) is 2.88. The number of anilines is 2. The average Bonchev–Trinajstić information content (AvgIpc) is 3.02. The minimum absolute atomic E-state index is 0.173. The number of nitrogens with zero attached hydrogens (tertiary/aromatic N) is 2. The number of benzene rings is 1. The zero-order chi connectivity index (χ0) is 15.0. The molecule has 0 radical (unpaired) electrons. The third-order valence-electron chi connectivity index (χ3n) is 3.00. The van der Waals surface area contributed by atoms with E-state index in [1.54, 1.807) is 18.2 Å². The molecule has 0 spiro atoms. The molecule has 3 N–H and O–H groups in total. The third-order valence-corrected chi connectivity index (χ3v) is 4.62. The maximum atomic E-state index is 12.3. The van der Waals surface area contributed by atoms with E-state index in [1.807, 2.05) is 5.38 Å². The van der Waals surface area contributed by atoms with Crippen LogP contribution in [0.5, 0.6) is 0 Å². The molecular formula is C14H14N4OS2. The van der Waals surface area contributed by atoms with Crippen molar-refractivity contribution in [3.8, 4) is 0 Å². The second-order valence-electron chi connectivity index (χ2n) is 4.92. The van der Waals surface area contributed by atoms with E-state index < -0.39 is 0 Å². The maximum absolute atomic E-state index is 12.3. The van der Waals surface area contributed by atoms with Gasteiger partial charge in [-0.25, -0.2) is 9.97 Å². The van der Waals surface area contributed by atoms with Gasteiger partial charge in [0.15, 0.2) is 10.3 Å². The normalized spacial score (nSPS) is 11.2. The molecule has 0 atom stereocenters. The number of amides is 1. The van der Waals surface area contributed by atoms with Crippen molar-refractivity contribution in [2.75, 3.05) is 11.1 Å². The van der Waals surface area contributed by atoms with Crippen LogP contribution >= 0.6 is 22.7 Å². The second kappa shape index (κ2) is 5.42. The Morgan fingerprint density at radius 2 is 2.14 bits per heavy atom. The van der Waals surface area contributed by atoms with Crippen LogP contribution in [0.15, 0.2) is 23.6 Å². The van der Waals surface area contributed by atoms with Crippen LogP contribution in [-0.2, 0) is 0 Å². The van der Waals surface area contributed by atoms with E-state index >= 15 is 0 Å². The van der Waals surface area contributed by atoms with E-state index in [1.165, 1.54) is 22.7 Å². The van der Waals surface area contributed by atoms with E-state index in [0.717, 1.165) is 15.9 Å². The molecule has 2 heterocycles. The number of hydrogen-bond donors (Lipinski definition) is 2. The summed E-state index contributed by atoms with van der Waals surface area (Å²) in [4.78, 5) is 20.8. The topological polar surface area (TPSA) is 80.9 Å². The van der Waals surface area contributed by atoms with Crippen molar-refractivity contribution in [3.05, 3.63) is 34.8 Å². The van der Waals surface area contributed by atoms with Gasteiger partial charge in [-0.3, -0.25) is 10.1 Å². The molecule has 0 saturated carbocycles. The van der Waals surface area contributed by atoms with Gasteiger partial charge in [-0.1, -0.05) is 25.2 Å². The lowest BCUT2D eigenvalue weighted by Gasteiger charge is -2.02. The maximum Gasteiger partial charge on any atom is 0.257 e. The summed E-state index contributed by atoms with van der Waals surface area (Å²) < 4.78 is 0.905. The highest BCUT2D eigenvalue weighted by Gasteiger charge is 2.12. The molecule has 7 heteroatoms. The number of hydrogen-bond acceptors (Lipinski definition) is 6. The van der Waals surface area contributed by atoms with Gasteiger partial charge in [-0.15, -0.1) is 11.3 Å². The number of thiazole rings is 2. The molecule has 0 aliphatic carbocycles. The standard InChI is InChI=1S/C14H14N4OS2/c1-7(2)10-6-20-14(17-10)18-12(19)8-3-4-9-11(5-8)21-13(15)16-9/h3-7H,1-2H3,(H2,15,16)(H,17,18,19). The Labute approximate surface area is 129 Å². The Morgan fingerprint density at radius 3 is 2.86 bits per heavy atom. The molecule has 3 aromatic rings. The number of fused-ring (bicyclic) bond motifs is 1. The molecule has 2 aromatic heterocycles. The summed E-state index contributed by atoms with van der Waals surface area (Å²) >= 11 is 2.81. The number of carbonyl (C=O) groups excluding carboxylic acids is 1. The summed E-state index contributed by atoms with van der Waals surface area (Å²) in [5, 5.41) is 5.91. The summed E-state index contributed by atoms with van der Waals surface area (Å²) in [6, 6.07) is 5.35. The van der Waals surface area contributed by atoms with E-state index in [-0.39, 0.29) is 5.91 Å². The van der Waals surface area contributed by atoms with E-state index in [2.05, 4.69) is 29.1 Å². The first-order chi connectivity index (χ1) is 10.0. The van der Waals surface area contributed by atoms with Crippen LogP contribution in [0.3, 0.4) is 0 Å². The number of aromatic nitrogens is 2. The highest BCUT2D eigenvalue weighted by molar-refractivity contribution is 7.22. The largest absolute Gasteiger partial charge is 0.375 e. The van der Waals surface area contributed by atoms with E-state index in [4.69, 9.17) is 5.73 Å². The molecule has 0 aliphatic heterocycles. The van der Waals surface area contributed by atoms with E-state index in [0.29, 0.717) is 21.7 Å². The Kier molecular flexibility index (Phi) is 3.60. The van der Waals surface area contributed by atoms with E-state index in [9.17, 15) is 4.79 Å². The summed E-state index contributed by atoms with van der Waals surface area (Å²) in [6.45, 7) is 4.14. The van der Waals surface area contributed by atoms with Gasteiger partial charge in [0.1, 0.15) is 0 Å². The Bertz CT molecular complexity index is 806. The van der Waals surface area contributed by atoms with Crippen molar-refractivity contribution in [1.82, 2.24) is 9.97 Å². The summed E-state index contributed by atoms with van der Waals surface area (Å²) in [5.41, 5.74) is 8.04. The van der Waals surface area contributed by atoms with Gasteiger partial charge >= 0.3 is 0 Å². The number of rotatable bonds is 3. The van der Waals surface area contributed by atoms with Crippen molar-refractivity contribution in [3.63, 3.8) is 0 Å². The van der Waals surface area contributed by atoms with Crippen molar-refractivity contribution in [2.45, 2.75) is 19.8 Å². The van der Waals surface area contributed by atoms with Crippen LogP contribution in [0.25, 0.3) is 10.2 Å². The lowest BCUT2D eigenvalue weighted by molar-refractivity contribution is 0.102. The molecule has 0 fully saturated rings. The minimum atomic E-state index is -0.173. The molecule has 0 unspecified atom stereocenters. The van der Waals surface area contributed by atoms with Crippen LogP contribution in [0, 0.1) is 0 Å². The predicted octanol–water partition coefficient (Wildman–Crippen LogP) is 3.71. The number of nitrogens with one attached hydrogen (secondary N) is 1. The first-order valence-electron chi connectivity index (χ1n) is 6.46. The van der Waals surface area contributed by atoms with Crippen LogP contribution in [-0.4, -0.2) is 15.9 Å². The van der Waals surface area contributed by atoms with Gasteiger partial charge in [-0.05, 0) is 24.1 Å². The first kappa shape index (κ1) is 14.0. The highest BCUT2D eigenvalue weighted by atomic mass is 32.1. The molecule has 0 bridgehead atoms. The molecule has 5 nitrogen and oxygen atoms in total. The molecule has 108 valence electrons. The van der Waals surface area contributed by atoms with Gasteiger partial charge < -0.3 is 5.73 Å². The lowest BCUT2D eigenvalue weighted by Crippen LogP contribution is -2.11. The van der Waals surface area contributed by atoms with Crippen LogP contribution < -0.4 is 11.1 Å². The molecule has 3 rings (SSSR count). The highest BCUT2D eigenvalue weighted by Crippen LogP contribution is 2.26. The van der Waals surface area contributed by atoms with Crippen molar-refractivity contribution in [2.24, 2.45) is 0 Å². The van der Waals surface area contributed by atoms with Crippen LogP contribution in [0.2, 0.25) is 0 Å². The zero-order valence-corrected chi connectivity index (χ0v) is 13.2. The summed E-state index contributed by atoms with van der Waals surface area (Å²) in [7, 11) is 0. The molecule has 1 aromatic carbocycles. The molecule has 21 heavy (non-hydrogen) atoms. The summed E-state index contributed by atoms with van der Waals surface area (Å²) in [5.74, 6) is 0.178. The van der Waals surface area contributed by atoms with Gasteiger partial charge in [-0.2, -0.15) is 0 Å². The van der Waals surface area contributed by atoms with Crippen molar-refractivity contribution in [1.29, 1.82) is 0 Å². The SMILES string of the molecule is CC(C)c1csc(NC(=O)c2ccc3nc(N)sc3c2)n1. The zero-order valence-electron chi connectivity index (χ0n) is 11.6. The summed E-state index contributed by atoms with van der Waals surface area (Å²) in [6.07, 6.45) is 0. The van der Waals surface area contributed by atoms with Crippen molar-refractivity contribution < 1.29 is 4.79 Å². The average molecular weight is 318 g/mol. The Morgan fingerprint density at radius 1 is 1.33 bits per heavy atom. The number of nitrogens with two attached hydrogens (primary N) is 1. The smallest absolute Gasteiger partial charge is 0.257 e. The quantitative estimate of drug-likeness (QED) is 0.771. The van der Waals surface area contributed by atoms with Crippen LogP contribution in [0.1, 0.15) is 35.8 Å². The second-order valence-corrected chi connectivity index (χ2v) is 6.84. The fourth-order valence-electron chi connectivity index (χ4n) is 1.86. The monoisotopic (exact) mass is 318 g/mol. The van der Waals surface area contributed by atoms with Gasteiger partial charge in [0, 0.05) is 10.9 Å². The first-order valence-corrected chi connectivity index (χ1v) is 8.15. The molecule has 0 aliphatic rings. The fourth-order valence-corrected chi connectivity index (χ4v) is 3.50. The molecule has 0 saturated heterocycles. The van der Waals surface area contributed by atoms with Gasteiger partial charge in [0.25, 0.3) is 5.91 Å². The predicted molar refractivity (Wildman–Crippen MR) is 88.2 cm³/mol. The Hall–Kier alpha value is -1.99. The molecule has 1 amide bonds. The van der Waals surface area contributed by atoms with Gasteiger partial charge in [0.05, 0.1) is 15.9 Å². The fraction of sp³-hybridized carbons (Fsp3) is 0.214. The minimum Gasteiger partial charge on any atom is -0.375 e. The van der Waals surface area contributed by atoms with Crippen molar-refractivity contribution >= 4 is 49.1 Å². The van der Waals surface area contributed by atoms with Crippen LogP contribution in [0.4, 0.5) is 10.3 Å². The molecular weight excluding hydrogens is 304 g/mol. The Balaban J connectivity index is 1.82. The van der Waals surface area contributed by atoms with Gasteiger partial charge in [0.2, 0.25) is 0 Å². The number of carbonyl (C=O) groups is 1. The number of nitrogen functional groups attached to an aromatic ring is 1. The lowest BCUT2D eigenvalue weighted by atomic mass is 10.2.